The molecule has 0 bridgehead atoms. The summed E-state index contributed by atoms with van der Waals surface area (Å²) in [4.78, 5) is 14.8. The summed E-state index contributed by atoms with van der Waals surface area (Å²) in [5.41, 5.74) is 6.93. The molecule has 2 aromatic carbocycles. The van der Waals surface area contributed by atoms with Gasteiger partial charge in [0.25, 0.3) is 0 Å². The van der Waals surface area contributed by atoms with Crippen molar-refractivity contribution in [3.63, 3.8) is 0 Å². The quantitative estimate of drug-likeness (QED) is 0.694. The van der Waals surface area contributed by atoms with Gasteiger partial charge in [-0.2, -0.15) is 0 Å². The Morgan fingerprint density at radius 2 is 1.96 bits per heavy atom. The maximum absolute atomic E-state index is 12.9. The van der Waals surface area contributed by atoms with E-state index >= 15 is 0 Å². The van der Waals surface area contributed by atoms with Crippen LogP contribution in [0.2, 0.25) is 0 Å². The zero-order valence-electron chi connectivity index (χ0n) is 15.0. The minimum atomic E-state index is 0.141. The highest BCUT2D eigenvalue weighted by molar-refractivity contribution is 5.88. The number of likely N-dealkylation sites (N-methyl/N-ethyl adjacent to an activating group) is 1. The van der Waals surface area contributed by atoms with Crippen molar-refractivity contribution in [3.8, 4) is 0 Å². The number of furan rings is 1. The first kappa shape index (κ1) is 15.9. The van der Waals surface area contributed by atoms with Gasteiger partial charge in [0, 0.05) is 18.0 Å². The molecule has 3 nitrogen and oxygen atoms in total. The summed E-state index contributed by atoms with van der Waals surface area (Å²) in [5.74, 6) is 0.141. The van der Waals surface area contributed by atoms with E-state index in [9.17, 15) is 4.79 Å². The molecular formula is C22H23NO2. The Hall–Kier alpha value is -2.55. The molecule has 3 aromatic rings. The lowest BCUT2D eigenvalue weighted by Gasteiger charge is -2.25. The van der Waals surface area contributed by atoms with Crippen LogP contribution in [-0.4, -0.2) is 17.9 Å². The first-order valence-corrected chi connectivity index (χ1v) is 8.85. The van der Waals surface area contributed by atoms with Crippen molar-refractivity contribution in [3.05, 3.63) is 70.5 Å². The summed E-state index contributed by atoms with van der Waals surface area (Å²) in [6.45, 7) is 4.17. The first-order valence-electron chi connectivity index (χ1n) is 8.85. The van der Waals surface area contributed by atoms with E-state index in [2.05, 4.69) is 50.2 Å². The number of amides is 1. The lowest BCUT2D eigenvalue weighted by atomic mass is 10.0. The number of hydrogen-bond acceptors (Lipinski definition) is 2. The number of hydrogen-bond donors (Lipinski definition) is 0. The molecule has 1 amide bonds. The average Bonchev–Trinajstić information content (AvgIpc) is 3.19. The van der Waals surface area contributed by atoms with Crippen LogP contribution < -0.4 is 0 Å². The van der Waals surface area contributed by atoms with Crippen LogP contribution >= 0.6 is 0 Å². The maximum atomic E-state index is 12.9. The van der Waals surface area contributed by atoms with Gasteiger partial charge in [-0.05, 0) is 61.1 Å². The highest BCUT2D eigenvalue weighted by Crippen LogP contribution is 2.35. The predicted octanol–water partition coefficient (Wildman–Crippen LogP) is 4.74. The minimum Gasteiger partial charge on any atom is -0.464 e. The predicted molar refractivity (Wildman–Crippen MR) is 99.7 cm³/mol. The van der Waals surface area contributed by atoms with Gasteiger partial charge < -0.3 is 9.32 Å². The van der Waals surface area contributed by atoms with Crippen molar-refractivity contribution in [2.75, 3.05) is 7.05 Å². The fourth-order valence-corrected chi connectivity index (χ4v) is 3.87. The molecule has 0 radical (unpaired) electrons. The normalized spacial score (nSPS) is 16.2. The van der Waals surface area contributed by atoms with Crippen molar-refractivity contribution < 1.29 is 9.21 Å². The first-order chi connectivity index (χ1) is 12.0. The van der Waals surface area contributed by atoms with E-state index in [0.29, 0.717) is 6.42 Å². The summed E-state index contributed by atoms with van der Waals surface area (Å²) in [6.07, 6.45) is 4.17. The molecule has 0 fully saturated rings. The molecule has 1 aromatic heterocycles. The van der Waals surface area contributed by atoms with Crippen LogP contribution in [-0.2, 0) is 17.6 Å². The van der Waals surface area contributed by atoms with E-state index in [4.69, 9.17) is 4.42 Å². The molecule has 1 aliphatic carbocycles. The lowest BCUT2D eigenvalue weighted by Crippen LogP contribution is -2.31. The Morgan fingerprint density at radius 1 is 1.20 bits per heavy atom. The van der Waals surface area contributed by atoms with E-state index in [1.165, 1.54) is 22.3 Å². The molecule has 4 rings (SSSR count). The molecule has 1 heterocycles. The van der Waals surface area contributed by atoms with Gasteiger partial charge in [0.1, 0.15) is 5.58 Å². The molecule has 1 atom stereocenters. The molecule has 3 heteroatoms. The van der Waals surface area contributed by atoms with Gasteiger partial charge >= 0.3 is 0 Å². The molecule has 128 valence electrons. The molecule has 0 saturated heterocycles. The fourth-order valence-electron chi connectivity index (χ4n) is 3.87. The molecule has 1 unspecified atom stereocenters. The zero-order valence-corrected chi connectivity index (χ0v) is 15.0. The van der Waals surface area contributed by atoms with Crippen LogP contribution in [0.4, 0.5) is 0 Å². The van der Waals surface area contributed by atoms with Crippen molar-refractivity contribution >= 4 is 16.9 Å². The lowest BCUT2D eigenvalue weighted by molar-refractivity contribution is -0.131. The summed E-state index contributed by atoms with van der Waals surface area (Å²) in [6, 6.07) is 12.8. The smallest absolute Gasteiger partial charge is 0.227 e. The molecule has 1 aliphatic rings. The van der Waals surface area contributed by atoms with Gasteiger partial charge in [0.05, 0.1) is 18.7 Å². The molecule has 0 N–H and O–H groups in total. The van der Waals surface area contributed by atoms with Crippen molar-refractivity contribution in [1.82, 2.24) is 4.90 Å². The SMILES string of the molecule is Cc1cc2occ(CC(=O)N(C)C3CCc4ccccc43)c2cc1C. The Balaban J connectivity index is 1.57. The van der Waals surface area contributed by atoms with Gasteiger partial charge in [0.15, 0.2) is 0 Å². The van der Waals surface area contributed by atoms with Crippen LogP contribution in [0.5, 0.6) is 0 Å². The molecule has 0 spiro atoms. The third-order valence-electron chi connectivity index (χ3n) is 5.57. The third-order valence-corrected chi connectivity index (χ3v) is 5.57. The van der Waals surface area contributed by atoms with E-state index in [1.54, 1.807) is 6.26 Å². The van der Waals surface area contributed by atoms with E-state index in [0.717, 1.165) is 29.4 Å². The summed E-state index contributed by atoms with van der Waals surface area (Å²) < 4.78 is 5.68. The average molecular weight is 333 g/mol. The Bertz CT molecular complexity index is 954. The maximum Gasteiger partial charge on any atom is 0.227 e. The molecule has 0 aliphatic heterocycles. The van der Waals surface area contributed by atoms with Crippen LogP contribution in [0.1, 0.15) is 40.3 Å². The Morgan fingerprint density at radius 3 is 2.80 bits per heavy atom. The topological polar surface area (TPSA) is 33.5 Å². The highest BCUT2D eigenvalue weighted by Gasteiger charge is 2.28. The second-order valence-corrected chi connectivity index (χ2v) is 7.13. The monoisotopic (exact) mass is 333 g/mol. The Kier molecular flexibility index (Phi) is 3.87. The van der Waals surface area contributed by atoms with E-state index in [-0.39, 0.29) is 11.9 Å². The number of aryl methyl sites for hydroxylation is 3. The molecular weight excluding hydrogens is 310 g/mol. The fraction of sp³-hybridized carbons (Fsp3) is 0.318. The van der Waals surface area contributed by atoms with Gasteiger partial charge in [0.2, 0.25) is 5.91 Å². The van der Waals surface area contributed by atoms with Crippen molar-refractivity contribution in [2.24, 2.45) is 0 Å². The largest absolute Gasteiger partial charge is 0.464 e. The number of carbonyl (C=O) groups excluding carboxylic acids is 1. The van der Waals surface area contributed by atoms with Crippen LogP contribution in [0.15, 0.2) is 47.1 Å². The van der Waals surface area contributed by atoms with Crippen molar-refractivity contribution in [2.45, 2.75) is 39.2 Å². The summed E-state index contributed by atoms with van der Waals surface area (Å²) in [5, 5.41) is 1.05. The number of rotatable bonds is 3. The van der Waals surface area contributed by atoms with Gasteiger partial charge in [-0.25, -0.2) is 0 Å². The minimum absolute atomic E-state index is 0.141. The molecule has 25 heavy (non-hydrogen) atoms. The third kappa shape index (κ3) is 2.74. The summed E-state index contributed by atoms with van der Waals surface area (Å²) in [7, 11) is 1.92. The van der Waals surface area contributed by atoms with Gasteiger partial charge in [-0.15, -0.1) is 0 Å². The number of carbonyl (C=O) groups is 1. The van der Waals surface area contributed by atoms with Crippen LogP contribution in [0.25, 0.3) is 11.0 Å². The molecule has 0 saturated carbocycles. The van der Waals surface area contributed by atoms with Gasteiger partial charge in [-0.1, -0.05) is 24.3 Å². The summed E-state index contributed by atoms with van der Waals surface area (Å²) >= 11 is 0. The van der Waals surface area contributed by atoms with Crippen LogP contribution in [0.3, 0.4) is 0 Å². The second kappa shape index (κ2) is 6.07. The zero-order chi connectivity index (χ0) is 17.6. The number of fused-ring (bicyclic) bond motifs is 2. The van der Waals surface area contributed by atoms with E-state index in [1.807, 2.05) is 11.9 Å². The van der Waals surface area contributed by atoms with E-state index < -0.39 is 0 Å². The van der Waals surface area contributed by atoms with Crippen LogP contribution in [0, 0.1) is 13.8 Å². The number of nitrogens with zero attached hydrogens (tertiary/aromatic N) is 1. The second-order valence-electron chi connectivity index (χ2n) is 7.13. The van der Waals surface area contributed by atoms with Crippen molar-refractivity contribution in [1.29, 1.82) is 0 Å². The standard InChI is InChI=1S/C22H23NO2/c1-14-10-19-17(13-25-21(19)11-15(14)2)12-22(24)23(3)20-9-8-16-6-4-5-7-18(16)20/h4-7,10-11,13,20H,8-9,12H2,1-3H3. The van der Waals surface area contributed by atoms with Gasteiger partial charge in [-0.3, -0.25) is 4.79 Å². The Labute approximate surface area is 148 Å². The number of benzene rings is 2. The highest BCUT2D eigenvalue weighted by atomic mass is 16.3.